The largest absolute Gasteiger partial charge is 0.478 e. The van der Waals surface area contributed by atoms with Gasteiger partial charge in [0.05, 0.1) is 22.5 Å². The van der Waals surface area contributed by atoms with Gasteiger partial charge in [0.1, 0.15) is 0 Å². The molecule has 0 radical (unpaired) electrons. The lowest BCUT2D eigenvalue weighted by atomic mass is 10.1. The van der Waals surface area contributed by atoms with Gasteiger partial charge in [-0.3, -0.25) is 0 Å². The lowest BCUT2D eigenvalue weighted by Crippen LogP contribution is -1.94. The van der Waals surface area contributed by atoms with E-state index >= 15 is 0 Å². The van der Waals surface area contributed by atoms with Crippen LogP contribution >= 0.6 is 0 Å². The van der Waals surface area contributed by atoms with Crippen LogP contribution in [0.25, 0.3) is 10.8 Å². The van der Waals surface area contributed by atoms with Crippen molar-refractivity contribution in [3.05, 3.63) is 71.8 Å². The monoisotopic (exact) mass is 320 g/mol. The first kappa shape index (κ1) is 15.4. The molecule has 0 unspecified atom stereocenters. The highest BCUT2D eigenvalue weighted by atomic mass is 16.4. The summed E-state index contributed by atoms with van der Waals surface area (Å²) in [5, 5.41) is 27.7. The maximum atomic E-state index is 11.0. The Balaban J connectivity index is 1.85. The summed E-state index contributed by atoms with van der Waals surface area (Å²) in [5.74, 6) is -1.96. The second-order valence-electron chi connectivity index (χ2n) is 5.10. The minimum absolute atomic E-state index is 0.189. The molecular weight excluding hydrogens is 308 g/mol. The third-order valence-electron chi connectivity index (χ3n) is 3.47. The van der Waals surface area contributed by atoms with Crippen molar-refractivity contribution in [2.24, 2.45) is 10.2 Å². The summed E-state index contributed by atoms with van der Waals surface area (Å²) in [6.07, 6.45) is 0. The molecule has 0 bridgehead atoms. The maximum Gasteiger partial charge on any atom is 0.335 e. The van der Waals surface area contributed by atoms with Gasteiger partial charge in [0.15, 0.2) is 0 Å². The number of aromatic carboxylic acids is 2. The van der Waals surface area contributed by atoms with Crippen molar-refractivity contribution in [1.82, 2.24) is 0 Å². The molecule has 0 aliphatic rings. The molecule has 0 aromatic heterocycles. The molecule has 0 spiro atoms. The molecule has 0 saturated heterocycles. The second-order valence-corrected chi connectivity index (χ2v) is 5.10. The molecule has 3 rings (SSSR count). The lowest BCUT2D eigenvalue weighted by molar-refractivity contribution is 0.0686. The van der Waals surface area contributed by atoms with Gasteiger partial charge in [0.25, 0.3) is 0 Å². The van der Waals surface area contributed by atoms with Crippen molar-refractivity contribution in [3.63, 3.8) is 0 Å². The van der Waals surface area contributed by atoms with E-state index in [1.165, 1.54) is 18.2 Å². The zero-order chi connectivity index (χ0) is 17.1. The van der Waals surface area contributed by atoms with Crippen molar-refractivity contribution in [2.45, 2.75) is 0 Å². The third-order valence-corrected chi connectivity index (χ3v) is 3.47. The van der Waals surface area contributed by atoms with Crippen LogP contribution in [-0.4, -0.2) is 22.2 Å². The number of hydrogen-bond acceptors (Lipinski definition) is 4. The van der Waals surface area contributed by atoms with Gasteiger partial charge >= 0.3 is 11.9 Å². The van der Waals surface area contributed by atoms with Crippen LogP contribution in [0.5, 0.6) is 0 Å². The number of carboxylic acids is 2. The van der Waals surface area contributed by atoms with Gasteiger partial charge in [-0.1, -0.05) is 12.1 Å². The van der Waals surface area contributed by atoms with Crippen LogP contribution in [0.1, 0.15) is 20.7 Å². The minimum atomic E-state index is -0.992. The van der Waals surface area contributed by atoms with Gasteiger partial charge in [0, 0.05) is 0 Å². The number of azo groups is 1. The Labute approximate surface area is 136 Å². The standard InChI is InChI=1S/C18H12N2O4/c21-17(22)11-3-6-15(7-4-11)19-20-16-8-5-12-9-14(18(23)24)2-1-13(12)10-16/h1-10H,(H,21,22)(H,23,24)/b20-19+. The second kappa shape index (κ2) is 6.29. The van der Waals surface area contributed by atoms with Gasteiger partial charge in [-0.15, -0.1) is 0 Å². The molecule has 0 atom stereocenters. The van der Waals surface area contributed by atoms with E-state index in [2.05, 4.69) is 10.2 Å². The number of rotatable bonds is 4. The van der Waals surface area contributed by atoms with E-state index in [0.29, 0.717) is 11.4 Å². The Kier molecular flexibility index (Phi) is 4.03. The van der Waals surface area contributed by atoms with Crippen molar-refractivity contribution in [2.75, 3.05) is 0 Å². The number of carbonyl (C=O) groups is 2. The number of carboxylic acid groups (broad SMARTS) is 2. The van der Waals surface area contributed by atoms with E-state index in [0.717, 1.165) is 10.8 Å². The molecule has 3 aromatic carbocycles. The Morgan fingerprint density at radius 3 is 1.79 bits per heavy atom. The first-order valence-corrected chi connectivity index (χ1v) is 7.05. The van der Waals surface area contributed by atoms with Crippen LogP contribution < -0.4 is 0 Å². The molecule has 118 valence electrons. The van der Waals surface area contributed by atoms with E-state index in [1.54, 1.807) is 42.5 Å². The average molecular weight is 320 g/mol. The van der Waals surface area contributed by atoms with Crippen molar-refractivity contribution >= 4 is 34.1 Å². The zero-order valence-corrected chi connectivity index (χ0v) is 12.4. The van der Waals surface area contributed by atoms with E-state index < -0.39 is 11.9 Å². The predicted octanol–water partition coefficient (Wildman–Crippen LogP) is 4.65. The van der Waals surface area contributed by atoms with E-state index in [-0.39, 0.29) is 11.1 Å². The Bertz CT molecular complexity index is 962. The Hall–Kier alpha value is -3.54. The lowest BCUT2D eigenvalue weighted by Gasteiger charge is -2.01. The smallest absolute Gasteiger partial charge is 0.335 e. The molecule has 2 N–H and O–H groups in total. The van der Waals surface area contributed by atoms with Crippen molar-refractivity contribution < 1.29 is 19.8 Å². The van der Waals surface area contributed by atoms with Crippen LogP contribution in [0.2, 0.25) is 0 Å². The summed E-state index contributed by atoms with van der Waals surface area (Å²) in [7, 11) is 0. The fourth-order valence-electron chi connectivity index (χ4n) is 2.21. The molecular formula is C18H12N2O4. The van der Waals surface area contributed by atoms with Gasteiger partial charge in [0.2, 0.25) is 0 Å². The van der Waals surface area contributed by atoms with Gasteiger partial charge in [-0.05, 0) is 59.3 Å². The van der Waals surface area contributed by atoms with Crippen LogP contribution in [0.4, 0.5) is 11.4 Å². The van der Waals surface area contributed by atoms with Crippen LogP contribution in [0.15, 0.2) is 70.9 Å². The molecule has 0 heterocycles. The number of benzene rings is 3. The molecule has 6 heteroatoms. The molecule has 0 saturated carbocycles. The summed E-state index contributed by atoms with van der Waals surface area (Å²) in [6.45, 7) is 0. The maximum absolute atomic E-state index is 11.0. The molecule has 6 nitrogen and oxygen atoms in total. The first-order valence-electron chi connectivity index (χ1n) is 7.05. The highest BCUT2D eigenvalue weighted by molar-refractivity contribution is 5.95. The highest BCUT2D eigenvalue weighted by Crippen LogP contribution is 2.24. The fourth-order valence-corrected chi connectivity index (χ4v) is 2.21. The SMILES string of the molecule is O=C(O)c1ccc(/N=N/c2ccc3cc(C(=O)O)ccc3c2)cc1. The van der Waals surface area contributed by atoms with Gasteiger partial charge < -0.3 is 10.2 Å². The van der Waals surface area contributed by atoms with Crippen LogP contribution in [0, 0.1) is 0 Å². The fraction of sp³-hybridized carbons (Fsp3) is 0. The number of fused-ring (bicyclic) bond motifs is 1. The van der Waals surface area contributed by atoms with Crippen LogP contribution in [0.3, 0.4) is 0 Å². The molecule has 0 aliphatic heterocycles. The topological polar surface area (TPSA) is 99.3 Å². The molecule has 0 fully saturated rings. The number of nitrogens with zero attached hydrogens (tertiary/aromatic N) is 2. The van der Waals surface area contributed by atoms with Gasteiger partial charge in [-0.25, -0.2) is 9.59 Å². The summed E-state index contributed by atoms with van der Waals surface area (Å²) < 4.78 is 0. The summed E-state index contributed by atoms with van der Waals surface area (Å²) in [6, 6.07) is 16.3. The van der Waals surface area contributed by atoms with E-state index in [4.69, 9.17) is 10.2 Å². The minimum Gasteiger partial charge on any atom is -0.478 e. The van der Waals surface area contributed by atoms with Gasteiger partial charge in [-0.2, -0.15) is 10.2 Å². The van der Waals surface area contributed by atoms with Crippen LogP contribution in [-0.2, 0) is 0 Å². The third kappa shape index (κ3) is 3.27. The number of hydrogen-bond donors (Lipinski definition) is 2. The first-order chi connectivity index (χ1) is 11.5. The normalized spacial score (nSPS) is 11.0. The molecule has 0 amide bonds. The van der Waals surface area contributed by atoms with Crippen molar-refractivity contribution in [3.8, 4) is 0 Å². The van der Waals surface area contributed by atoms with Crippen molar-refractivity contribution in [1.29, 1.82) is 0 Å². The molecule has 24 heavy (non-hydrogen) atoms. The summed E-state index contributed by atoms with van der Waals surface area (Å²) in [5.41, 5.74) is 1.58. The predicted molar refractivity (Wildman–Crippen MR) is 88.5 cm³/mol. The highest BCUT2D eigenvalue weighted by Gasteiger charge is 2.04. The molecule has 3 aromatic rings. The zero-order valence-electron chi connectivity index (χ0n) is 12.4. The quantitative estimate of drug-likeness (QED) is 0.683. The Morgan fingerprint density at radius 1 is 0.625 bits per heavy atom. The van der Waals surface area contributed by atoms with E-state index in [9.17, 15) is 9.59 Å². The molecule has 0 aliphatic carbocycles. The summed E-state index contributed by atoms with van der Waals surface area (Å²) >= 11 is 0. The summed E-state index contributed by atoms with van der Waals surface area (Å²) in [4.78, 5) is 21.8. The Morgan fingerprint density at radius 2 is 1.12 bits per heavy atom. The van der Waals surface area contributed by atoms with E-state index in [1.807, 2.05) is 0 Å². The average Bonchev–Trinajstić information content (AvgIpc) is 2.59.